The Kier molecular flexibility index (Phi) is 7.76. The summed E-state index contributed by atoms with van der Waals surface area (Å²) in [5, 5.41) is 6.60. The van der Waals surface area contributed by atoms with E-state index in [2.05, 4.69) is 15.6 Å². The molecule has 1 aliphatic heterocycles. The predicted octanol–water partition coefficient (Wildman–Crippen LogP) is 5.12. The minimum absolute atomic E-state index is 0.0967. The maximum absolute atomic E-state index is 11.3. The molecule has 9 heteroatoms. The van der Waals surface area contributed by atoms with Crippen LogP contribution in [0.4, 0.5) is 17.3 Å². The summed E-state index contributed by atoms with van der Waals surface area (Å²) >= 11 is 0. The molecule has 2 aromatic heterocycles. The van der Waals surface area contributed by atoms with Gasteiger partial charge >= 0.3 is 0 Å². The standard InChI is InChI=1S/C29H30N4O4S/c1-38(34,35)16-14-30-18-26-11-12-29(37-26)33-15-13-23-17-31-19-28(27(23)20-33)32-24-7-9-25(10-8-24)36-21-22-5-3-2-4-6-22/h2-13,15,17,19,30,32H,14,16,18,20-21H2,1H3. The lowest BCUT2D eigenvalue weighted by molar-refractivity contribution is 0.306. The van der Waals surface area contributed by atoms with Gasteiger partial charge in [-0.25, -0.2) is 8.42 Å². The zero-order chi connectivity index (χ0) is 26.4. The third kappa shape index (κ3) is 6.81. The summed E-state index contributed by atoms with van der Waals surface area (Å²) in [6.07, 6.45) is 8.91. The summed E-state index contributed by atoms with van der Waals surface area (Å²) < 4.78 is 34.5. The molecule has 1 aliphatic rings. The number of benzene rings is 2. The molecule has 0 unspecified atom stereocenters. The van der Waals surface area contributed by atoms with Crippen LogP contribution in [0.15, 0.2) is 89.7 Å². The second-order valence-corrected chi connectivity index (χ2v) is 11.4. The first-order chi connectivity index (χ1) is 18.4. The van der Waals surface area contributed by atoms with Crippen molar-refractivity contribution >= 4 is 33.2 Å². The second kappa shape index (κ2) is 11.5. The lowest BCUT2D eigenvalue weighted by atomic mass is 10.0. The van der Waals surface area contributed by atoms with Crippen molar-refractivity contribution in [3.63, 3.8) is 0 Å². The van der Waals surface area contributed by atoms with Gasteiger partial charge in [0, 0.05) is 48.1 Å². The Hall–Kier alpha value is -4.08. The third-order valence-electron chi connectivity index (χ3n) is 6.11. The van der Waals surface area contributed by atoms with Gasteiger partial charge in [0.2, 0.25) is 0 Å². The monoisotopic (exact) mass is 530 g/mol. The van der Waals surface area contributed by atoms with Crippen LogP contribution in [-0.4, -0.2) is 32.0 Å². The molecule has 0 fully saturated rings. The first kappa shape index (κ1) is 25.6. The highest BCUT2D eigenvalue weighted by Gasteiger charge is 2.18. The number of aromatic nitrogens is 1. The van der Waals surface area contributed by atoms with Crippen LogP contribution in [0.2, 0.25) is 0 Å². The number of nitrogens with zero attached hydrogens (tertiary/aromatic N) is 2. The maximum Gasteiger partial charge on any atom is 0.199 e. The Morgan fingerprint density at radius 3 is 2.63 bits per heavy atom. The van der Waals surface area contributed by atoms with E-state index < -0.39 is 9.84 Å². The topological polar surface area (TPSA) is 96.7 Å². The number of ether oxygens (including phenoxy) is 1. The lowest BCUT2D eigenvalue weighted by Gasteiger charge is -2.25. The molecule has 4 aromatic rings. The molecule has 5 rings (SSSR count). The number of anilines is 3. The Morgan fingerprint density at radius 2 is 1.84 bits per heavy atom. The van der Waals surface area contributed by atoms with E-state index in [1.165, 1.54) is 6.26 Å². The van der Waals surface area contributed by atoms with Crippen LogP contribution in [0.1, 0.15) is 22.5 Å². The molecule has 196 valence electrons. The van der Waals surface area contributed by atoms with Crippen LogP contribution in [0, 0.1) is 0 Å². The van der Waals surface area contributed by atoms with Gasteiger partial charge in [0.25, 0.3) is 0 Å². The molecule has 0 atom stereocenters. The number of nitrogens with one attached hydrogen (secondary N) is 2. The summed E-state index contributed by atoms with van der Waals surface area (Å²) in [4.78, 5) is 6.44. The van der Waals surface area contributed by atoms with Crippen molar-refractivity contribution in [1.29, 1.82) is 0 Å². The zero-order valence-corrected chi connectivity index (χ0v) is 21.9. The fraction of sp³-hybridized carbons (Fsp3) is 0.207. The SMILES string of the molecule is CS(=O)(=O)CCNCc1ccc(N2C=Cc3cncc(Nc4ccc(OCc5ccccc5)cc4)c3C2)o1. The largest absolute Gasteiger partial charge is 0.489 e. The Balaban J connectivity index is 1.21. The number of furan rings is 1. The van der Waals surface area contributed by atoms with E-state index in [9.17, 15) is 8.42 Å². The van der Waals surface area contributed by atoms with Crippen molar-refractivity contribution in [1.82, 2.24) is 10.3 Å². The summed E-state index contributed by atoms with van der Waals surface area (Å²) in [7, 11) is -2.99. The van der Waals surface area contributed by atoms with E-state index in [0.717, 1.165) is 45.5 Å². The van der Waals surface area contributed by atoms with Gasteiger partial charge in [-0.15, -0.1) is 0 Å². The fourth-order valence-corrected chi connectivity index (χ4v) is 4.61. The smallest absolute Gasteiger partial charge is 0.199 e. The molecule has 2 aromatic carbocycles. The molecular weight excluding hydrogens is 500 g/mol. The van der Waals surface area contributed by atoms with Crippen LogP contribution in [0.5, 0.6) is 5.75 Å². The molecular formula is C29H30N4O4S. The number of hydrogen-bond acceptors (Lipinski definition) is 8. The molecule has 3 heterocycles. The quantitative estimate of drug-likeness (QED) is 0.258. The highest BCUT2D eigenvalue weighted by atomic mass is 32.2. The highest BCUT2D eigenvalue weighted by molar-refractivity contribution is 7.90. The van der Waals surface area contributed by atoms with Crippen LogP contribution < -0.4 is 20.3 Å². The van der Waals surface area contributed by atoms with Crippen molar-refractivity contribution in [2.75, 3.05) is 28.8 Å². The normalized spacial score (nSPS) is 12.8. The first-order valence-corrected chi connectivity index (χ1v) is 14.4. The number of hydrogen-bond donors (Lipinski definition) is 2. The lowest BCUT2D eigenvalue weighted by Crippen LogP contribution is -2.22. The molecule has 0 amide bonds. The number of rotatable bonds is 11. The molecule has 0 spiro atoms. The second-order valence-electron chi connectivity index (χ2n) is 9.17. The predicted molar refractivity (Wildman–Crippen MR) is 150 cm³/mol. The van der Waals surface area contributed by atoms with Crippen LogP contribution in [0.3, 0.4) is 0 Å². The molecule has 0 saturated carbocycles. The van der Waals surface area contributed by atoms with Gasteiger partial charge in [-0.2, -0.15) is 0 Å². The first-order valence-electron chi connectivity index (χ1n) is 12.4. The van der Waals surface area contributed by atoms with E-state index in [4.69, 9.17) is 9.15 Å². The van der Waals surface area contributed by atoms with Gasteiger partial charge in [0.1, 0.15) is 28.0 Å². The van der Waals surface area contributed by atoms with E-state index in [1.807, 2.05) is 96.3 Å². The van der Waals surface area contributed by atoms with E-state index in [-0.39, 0.29) is 5.75 Å². The number of pyridine rings is 1. The van der Waals surface area contributed by atoms with Crippen LogP contribution in [-0.2, 0) is 29.5 Å². The summed E-state index contributed by atoms with van der Waals surface area (Å²) in [5.41, 5.74) is 5.14. The molecule has 8 nitrogen and oxygen atoms in total. The molecule has 0 radical (unpaired) electrons. The van der Waals surface area contributed by atoms with Gasteiger partial charge in [-0.3, -0.25) is 4.98 Å². The third-order valence-corrected chi connectivity index (χ3v) is 7.06. The summed E-state index contributed by atoms with van der Waals surface area (Å²) in [5.74, 6) is 2.37. The van der Waals surface area contributed by atoms with Gasteiger partial charge in [-0.1, -0.05) is 30.3 Å². The fourth-order valence-electron chi connectivity index (χ4n) is 4.09. The van der Waals surface area contributed by atoms with E-state index >= 15 is 0 Å². The van der Waals surface area contributed by atoms with Gasteiger partial charge in [-0.05, 0) is 42.0 Å². The average Bonchev–Trinajstić information content (AvgIpc) is 3.40. The molecule has 2 N–H and O–H groups in total. The van der Waals surface area contributed by atoms with E-state index in [1.54, 1.807) is 0 Å². The van der Waals surface area contributed by atoms with Gasteiger partial charge in [0.05, 0.1) is 30.7 Å². The van der Waals surface area contributed by atoms with Crippen molar-refractivity contribution in [3.05, 3.63) is 108 Å². The molecule has 0 bridgehead atoms. The van der Waals surface area contributed by atoms with Crippen molar-refractivity contribution in [2.24, 2.45) is 0 Å². The zero-order valence-electron chi connectivity index (χ0n) is 21.1. The van der Waals surface area contributed by atoms with Crippen molar-refractivity contribution in [3.8, 4) is 5.75 Å². The maximum atomic E-state index is 11.3. The Bertz CT molecular complexity index is 1500. The van der Waals surface area contributed by atoms with Crippen molar-refractivity contribution in [2.45, 2.75) is 19.7 Å². The number of fused-ring (bicyclic) bond motifs is 1. The molecule has 38 heavy (non-hydrogen) atoms. The summed E-state index contributed by atoms with van der Waals surface area (Å²) in [6, 6.07) is 21.8. The number of sulfone groups is 1. The van der Waals surface area contributed by atoms with Gasteiger partial charge in [0.15, 0.2) is 5.88 Å². The van der Waals surface area contributed by atoms with Gasteiger partial charge < -0.3 is 24.7 Å². The van der Waals surface area contributed by atoms with Crippen molar-refractivity contribution < 1.29 is 17.6 Å². The minimum atomic E-state index is -2.99. The Labute approximate surface area is 222 Å². The van der Waals surface area contributed by atoms with Crippen LogP contribution >= 0.6 is 0 Å². The molecule has 0 aliphatic carbocycles. The van der Waals surface area contributed by atoms with E-state index in [0.29, 0.717) is 26.2 Å². The average molecular weight is 531 g/mol. The minimum Gasteiger partial charge on any atom is -0.489 e. The van der Waals surface area contributed by atoms with Crippen LogP contribution in [0.25, 0.3) is 6.08 Å². The highest BCUT2D eigenvalue weighted by Crippen LogP contribution is 2.32. The summed E-state index contributed by atoms with van der Waals surface area (Å²) in [6.45, 7) is 1.99. The Morgan fingerprint density at radius 1 is 1.03 bits per heavy atom. The molecule has 0 saturated heterocycles.